The number of hydrogen-bond donors (Lipinski definition) is 1. The van der Waals surface area contributed by atoms with Crippen molar-refractivity contribution in [3.63, 3.8) is 0 Å². The number of nitrogens with one attached hydrogen (secondary N) is 1. The predicted molar refractivity (Wildman–Crippen MR) is 74.1 cm³/mol. The Morgan fingerprint density at radius 2 is 2.06 bits per heavy atom. The van der Waals surface area contributed by atoms with E-state index in [1.807, 2.05) is 18.4 Å². The topological polar surface area (TPSA) is 47.0 Å². The molecule has 1 N–H and O–H groups in total. The van der Waals surface area contributed by atoms with Crippen LogP contribution in [0, 0.1) is 0 Å². The Hall–Kier alpha value is -1.75. The highest BCUT2D eigenvalue weighted by molar-refractivity contribution is 7.98. The average Bonchev–Trinajstić information content (AvgIpc) is 2.46. The molecule has 4 nitrogen and oxygen atoms in total. The Labute approximate surface area is 111 Å². The number of aromatic nitrogens is 2. The fourth-order valence-corrected chi connectivity index (χ4v) is 1.99. The smallest absolute Gasteiger partial charge is 0.143 e. The van der Waals surface area contributed by atoms with Crippen molar-refractivity contribution in [3.05, 3.63) is 42.5 Å². The van der Waals surface area contributed by atoms with Crippen LogP contribution in [0.25, 0.3) is 0 Å². The molecule has 2 aromatic rings. The van der Waals surface area contributed by atoms with Crippen molar-refractivity contribution < 1.29 is 4.74 Å². The van der Waals surface area contributed by atoms with Gasteiger partial charge in [0.15, 0.2) is 0 Å². The van der Waals surface area contributed by atoms with E-state index in [4.69, 9.17) is 4.74 Å². The second kappa shape index (κ2) is 6.26. The number of ether oxygens (including phenoxy) is 1. The molecule has 18 heavy (non-hydrogen) atoms. The van der Waals surface area contributed by atoms with Gasteiger partial charge in [0.2, 0.25) is 0 Å². The van der Waals surface area contributed by atoms with Crippen LogP contribution in [0.15, 0.2) is 41.8 Å². The lowest BCUT2D eigenvalue weighted by molar-refractivity contribution is 0.415. The van der Waals surface area contributed by atoms with Crippen LogP contribution in [-0.2, 0) is 6.54 Å². The number of methoxy groups -OCH3 is 1. The van der Waals surface area contributed by atoms with Crippen LogP contribution in [0.1, 0.15) is 5.56 Å². The van der Waals surface area contributed by atoms with Gasteiger partial charge in [0.05, 0.1) is 12.8 Å². The van der Waals surface area contributed by atoms with Gasteiger partial charge in [-0.15, -0.1) is 11.8 Å². The Balaban J connectivity index is 2.09. The molecule has 1 aromatic carbocycles. The molecule has 0 bridgehead atoms. The van der Waals surface area contributed by atoms with E-state index in [0.29, 0.717) is 6.54 Å². The summed E-state index contributed by atoms with van der Waals surface area (Å²) in [7, 11) is 1.68. The molecule has 1 heterocycles. The van der Waals surface area contributed by atoms with Crippen molar-refractivity contribution in [1.82, 2.24) is 9.97 Å². The van der Waals surface area contributed by atoms with E-state index >= 15 is 0 Å². The first kappa shape index (κ1) is 12.7. The molecule has 0 atom stereocenters. The van der Waals surface area contributed by atoms with Gasteiger partial charge in [-0.2, -0.15) is 0 Å². The third-order valence-corrected chi connectivity index (χ3v) is 3.23. The summed E-state index contributed by atoms with van der Waals surface area (Å²) in [6, 6.07) is 6.11. The van der Waals surface area contributed by atoms with E-state index in [1.165, 1.54) is 11.2 Å². The van der Waals surface area contributed by atoms with Crippen molar-refractivity contribution in [3.8, 4) is 5.75 Å². The van der Waals surface area contributed by atoms with Gasteiger partial charge in [-0.3, -0.25) is 0 Å². The molecule has 0 radical (unpaired) electrons. The molecule has 2 rings (SSSR count). The summed E-state index contributed by atoms with van der Waals surface area (Å²) in [6.45, 7) is 0.676. The zero-order chi connectivity index (χ0) is 12.8. The minimum absolute atomic E-state index is 0.676. The summed E-state index contributed by atoms with van der Waals surface area (Å²) in [5, 5.41) is 3.32. The first-order chi connectivity index (χ1) is 8.83. The van der Waals surface area contributed by atoms with E-state index in [2.05, 4.69) is 21.4 Å². The Morgan fingerprint density at radius 1 is 1.28 bits per heavy atom. The van der Waals surface area contributed by atoms with Crippen LogP contribution >= 0.6 is 11.8 Å². The van der Waals surface area contributed by atoms with Gasteiger partial charge >= 0.3 is 0 Å². The molecule has 0 saturated carbocycles. The van der Waals surface area contributed by atoms with Crippen molar-refractivity contribution in [2.24, 2.45) is 0 Å². The number of nitrogens with zero attached hydrogens (tertiary/aromatic N) is 2. The summed E-state index contributed by atoms with van der Waals surface area (Å²) in [6.07, 6.45) is 7.16. The second-order valence-electron chi connectivity index (χ2n) is 3.67. The Kier molecular flexibility index (Phi) is 4.41. The normalized spacial score (nSPS) is 10.1. The summed E-state index contributed by atoms with van der Waals surface area (Å²) < 4.78 is 5.37. The van der Waals surface area contributed by atoms with E-state index in [-0.39, 0.29) is 0 Å². The molecule has 0 spiro atoms. The monoisotopic (exact) mass is 261 g/mol. The minimum atomic E-state index is 0.676. The number of thioether (sulfide) groups is 1. The third kappa shape index (κ3) is 3.13. The molecule has 1 aromatic heterocycles. The van der Waals surface area contributed by atoms with Gasteiger partial charge in [0.25, 0.3) is 0 Å². The summed E-state index contributed by atoms with van der Waals surface area (Å²) in [4.78, 5) is 9.14. The van der Waals surface area contributed by atoms with Gasteiger partial charge < -0.3 is 10.1 Å². The van der Waals surface area contributed by atoms with Gasteiger partial charge in [0, 0.05) is 29.4 Å². The maximum atomic E-state index is 5.37. The molecule has 0 amide bonds. The van der Waals surface area contributed by atoms with Crippen LogP contribution in [0.4, 0.5) is 5.69 Å². The number of anilines is 1. The van der Waals surface area contributed by atoms with E-state index < -0.39 is 0 Å². The quantitative estimate of drug-likeness (QED) is 0.839. The molecule has 0 saturated heterocycles. The number of rotatable bonds is 5. The van der Waals surface area contributed by atoms with E-state index in [1.54, 1.807) is 31.3 Å². The highest BCUT2D eigenvalue weighted by atomic mass is 32.2. The maximum Gasteiger partial charge on any atom is 0.143 e. The van der Waals surface area contributed by atoms with Gasteiger partial charge in [-0.1, -0.05) is 0 Å². The van der Waals surface area contributed by atoms with Gasteiger partial charge in [-0.25, -0.2) is 9.97 Å². The third-order valence-electron chi connectivity index (χ3n) is 2.51. The highest BCUT2D eigenvalue weighted by Gasteiger charge is 2.04. The molecule has 0 unspecified atom stereocenters. The summed E-state index contributed by atoms with van der Waals surface area (Å²) in [5.74, 6) is 0.846. The van der Waals surface area contributed by atoms with Gasteiger partial charge in [-0.05, 0) is 24.5 Å². The van der Waals surface area contributed by atoms with Crippen LogP contribution < -0.4 is 10.1 Å². The van der Waals surface area contributed by atoms with E-state index in [0.717, 1.165) is 17.0 Å². The fraction of sp³-hybridized carbons (Fsp3) is 0.231. The molecule has 0 aliphatic rings. The Morgan fingerprint density at radius 3 is 2.72 bits per heavy atom. The van der Waals surface area contributed by atoms with Crippen molar-refractivity contribution in [2.75, 3.05) is 18.7 Å². The number of benzene rings is 1. The SMILES string of the molecule is COc1cc(SC)ccc1NCc1cncnc1. The van der Waals surface area contributed by atoms with Crippen LogP contribution in [0.2, 0.25) is 0 Å². The zero-order valence-corrected chi connectivity index (χ0v) is 11.2. The largest absolute Gasteiger partial charge is 0.495 e. The summed E-state index contributed by atoms with van der Waals surface area (Å²) in [5.41, 5.74) is 2.01. The molecule has 0 aliphatic carbocycles. The predicted octanol–water partition coefficient (Wildman–Crippen LogP) is 2.82. The van der Waals surface area contributed by atoms with Gasteiger partial charge in [0.1, 0.15) is 12.1 Å². The average molecular weight is 261 g/mol. The first-order valence-corrected chi connectivity index (χ1v) is 6.75. The molecule has 94 valence electrons. The zero-order valence-electron chi connectivity index (χ0n) is 10.4. The lowest BCUT2D eigenvalue weighted by Crippen LogP contribution is -2.02. The molecular weight excluding hydrogens is 246 g/mol. The minimum Gasteiger partial charge on any atom is -0.495 e. The molecule has 0 aliphatic heterocycles. The van der Waals surface area contributed by atoms with Crippen molar-refractivity contribution in [2.45, 2.75) is 11.4 Å². The lowest BCUT2D eigenvalue weighted by Gasteiger charge is -2.12. The fourth-order valence-electron chi connectivity index (χ4n) is 1.56. The van der Waals surface area contributed by atoms with E-state index in [9.17, 15) is 0 Å². The lowest BCUT2D eigenvalue weighted by atomic mass is 10.2. The van der Waals surface area contributed by atoms with Crippen LogP contribution in [-0.4, -0.2) is 23.3 Å². The molecule has 0 fully saturated rings. The maximum absolute atomic E-state index is 5.37. The summed E-state index contributed by atoms with van der Waals surface area (Å²) >= 11 is 1.69. The second-order valence-corrected chi connectivity index (χ2v) is 4.55. The number of hydrogen-bond acceptors (Lipinski definition) is 5. The standard InChI is InChI=1S/C13H15N3OS/c1-17-13-5-11(18-2)3-4-12(13)16-8-10-6-14-9-15-7-10/h3-7,9,16H,8H2,1-2H3. The van der Waals surface area contributed by atoms with Crippen LogP contribution in [0.3, 0.4) is 0 Å². The highest BCUT2D eigenvalue weighted by Crippen LogP contribution is 2.29. The van der Waals surface area contributed by atoms with Crippen molar-refractivity contribution in [1.29, 1.82) is 0 Å². The first-order valence-electron chi connectivity index (χ1n) is 5.53. The molecule has 5 heteroatoms. The van der Waals surface area contributed by atoms with Crippen LogP contribution in [0.5, 0.6) is 5.75 Å². The Bertz CT molecular complexity index is 505. The molecular formula is C13H15N3OS. The van der Waals surface area contributed by atoms with Crippen molar-refractivity contribution >= 4 is 17.4 Å².